The molecule has 2 N–H and O–H groups in total. The fourth-order valence-electron chi connectivity index (χ4n) is 1.18. The van der Waals surface area contributed by atoms with E-state index in [0.717, 1.165) is 0 Å². The van der Waals surface area contributed by atoms with Crippen LogP contribution in [-0.2, 0) is 0 Å². The monoisotopic (exact) mass is 271 g/mol. The lowest BCUT2D eigenvalue weighted by Crippen LogP contribution is -2.27. The molecule has 0 aliphatic carbocycles. The average molecular weight is 272 g/mol. The molecule has 0 aliphatic rings. The molecule has 0 saturated heterocycles. The second-order valence-corrected chi connectivity index (χ2v) is 4.47. The fourth-order valence-corrected chi connectivity index (χ4v) is 1.53. The van der Waals surface area contributed by atoms with Gasteiger partial charge >= 0.3 is 0 Å². The Balaban J connectivity index is 3.02. The van der Waals surface area contributed by atoms with Crippen LogP contribution in [0, 0.1) is 5.41 Å². The Morgan fingerprint density at radius 1 is 1.67 bits per heavy atom. The van der Waals surface area contributed by atoms with Gasteiger partial charge in [-0.2, -0.15) is 0 Å². The summed E-state index contributed by atoms with van der Waals surface area (Å²) in [7, 11) is 0. The summed E-state index contributed by atoms with van der Waals surface area (Å²) in [6.07, 6.45) is 0.678. The lowest BCUT2D eigenvalue weighted by atomic mass is 9.83. The Morgan fingerprint density at radius 3 is 2.80 bits per heavy atom. The van der Waals surface area contributed by atoms with Crippen LogP contribution in [0.25, 0.3) is 0 Å². The van der Waals surface area contributed by atoms with E-state index in [0.29, 0.717) is 10.3 Å². The molecule has 0 aliphatic heterocycles. The van der Waals surface area contributed by atoms with Crippen molar-refractivity contribution in [3.05, 3.63) is 41.2 Å². The number of aromatic nitrogens is 1. The molecule has 82 valence electrons. The van der Waals surface area contributed by atoms with Crippen molar-refractivity contribution in [2.75, 3.05) is 6.61 Å². The van der Waals surface area contributed by atoms with Crippen molar-refractivity contribution in [1.82, 2.24) is 4.98 Å². The quantitative estimate of drug-likeness (QED) is 0.651. The first-order valence-electron chi connectivity index (χ1n) is 4.58. The lowest BCUT2D eigenvalue weighted by Gasteiger charge is -2.28. The van der Waals surface area contributed by atoms with Gasteiger partial charge in [0.25, 0.3) is 0 Å². The van der Waals surface area contributed by atoms with Crippen molar-refractivity contribution in [1.29, 1.82) is 0 Å². The van der Waals surface area contributed by atoms with E-state index in [4.69, 9.17) is 0 Å². The van der Waals surface area contributed by atoms with Crippen LogP contribution in [0.2, 0.25) is 0 Å². The van der Waals surface area contributed by atoms with Gasteiger partial charge in [0.2, 0.25) is 0 Å². The van der Waals surface area contributed by atoms with E-state index in [1.54, 1.807) is 31.2 Å². The van der Waals surface area contributed by atoms with Crippen LogP contribution in [0.5, 0.6) is 0 Å². The highest BCUT2D eigenvalue weighted by Crippen LogP contribution is 2.33. The Kier molecular flexibility index (Phi) is 4.02. The van der Waals surface area contributed by atoms with E-state index in [1.807, 2.05) is 0 Å². The maximum atomic E-state index is 10.0. The third-order valence-electron chi connectivity index (χ3n) is 2.45. The second-order valence-electron chi connectivity index (χ2n) is 3.66. The van der Waals surface area contributed by atoms with Gasteiger partial charge in [0.15, 0.2) is 0 Å². The van der Waals surface area contributed by atoms with Crippen LogP contribution >= 0.6 is 15.9 Å². The topological polar surface area (TPSA) is 53.4 Å². The number of pyridine rings is 1. The number of rotatable bonds is 4. The summed E-state index contributed by atoms with van der Waals surface area (Å²) < 4.78 is 0.656. The van der Waals surface area contributed by atoms with E-state index in [-0.39, 0.29) is 6.61 Å². The van der Waals surface area contributed by atoms with Crippen molar-refractivity contribution in [3.63, 3.8) is 0 Å². The minimum Gasteiger partial charge on any atom is -0.395 e. The maximum Gasteiger partial charge on any atom is 0.107 e. The molecule has 1 rings (SSSR count). The van der Waals surface area contributed by atoms with E-state index in [1.165, 1.54) is 0 Å². The highest BCUT2D eigenvalue weighted by atomic mass is 79.9. The first-order valence-corrected chi connectivity index (χ1v) is 5.38. The first-order chi connectivity index (χ1) is 7.03. The zero-order chi connectivity index (χ0) is 11.5. The number of nitrogens with zero attached hydrogens (tertiary/aromatic N) is 1. The van der Waals surface area contributed by atoms with Gasteiger partial charge in [0, 0.05) is 5.41 Å². The highest BCUT2D eigenvalue weighted by Gasteiger charge is 2.31. The van der Waals surface area contributed by atoms with Crippen LogP contribution in [0.15, 0.2) is 35.5 Å². The summed E-state index contributed by atoms with van der Waals surface area (Å²) in [6, 6.07) is 5.28. The summed E-state index contributed by atoms with van der Waals surface area (Å²) in [6.45, 7) is 5.17. The van der Waals surface area contributed by atoms with Gasteiger partial charge in [-0.05, 0) is 28.1 Å². The molecule has 0 fully saturated rings. The van der Waals surface area contributed by atoms with E-state index >= 15 is 0 Å². The summed E-state index contributed by atoms with van der Waals surface area (Å²) in [4.78, 5) is 4.14. The Morgan fingerprint density at radius 2 is 2.33 bits per heavy atom. The minimum absolute atomic E-state index is 0.175. The molecule has 0 radical (unpaired) electrons. The fraction of sp³-hybridized carbons (Fsp3) is 0.364. The van der Waals surface area contributed by atoms with Gasteiger partial charge in [0.05, 0.1) is 12.3 Å². The molecular weight excluding hydrogens is 258 g/mol. The van der Waals surface area contributed by atoms with Crippen molar-refractivity contribution in [3.8, 4) is 0 Å². The molecule has 0 saturated carbocycles. The number of halogens is 1. The smallest absolute Gasteiger partial charge is 0.107 e. The van der Waals surface area contributed by atoms with Crippen LogP contribution in [0.4, 0.5) is 0 Å². The van der Waals surface area contributed by atoms with Crippen LogP contribution in [0.3, 0.4) is 0 Å². The van der Waals surface area contributed by atoms with Gasteiger partial charge < -0.3 is 10.2 Å². The van der Waals surface area contributed by atoms with Crippen LogP contribution in [0.1, 0.15) is 18.7 Å². The highest BCUT2D eigenvalue weighted by molar-refractivity contribution is 9.10. The second kappa shape index (κ2) is 4.88. The van der Waals surface area contributed by atoms with Crippen LogP contribution in [-0.4, -0.2) is 21.8 Å². The number of hydrogen-bond donors (Lipinski definition) is 2. The molecule has 4 heteroatoms. The Hall–Kier alpha value is -0.710. The zero-order valence-electron chi connectivity index (χ0n) is 8.52. The largest absolute Gasteiger partial charge is 0.395 e. The summed E-state index contributed by atoms with van der Waals surface area (Å²) >= 11 is 3.23. The molecule has 2 atom stereocenters. The lowest BCUT2D eigenvalue weighted by molar-refractivity contribution is 0.0240. The standard InChI is InChI=1S/C11H14BrNO2/c1-3-11(2,7-14)10(15)8-5-4-6-9(12)13-8/h3-6,10,14-15H,1,7H2,2H3/t10-,11-/m1/s1. The van der Waals surface area contributed by atoms with Crippen molar-refractivity contribution < 1.29 is 10.2 Å². The summed E-state index contributed by atoms with van der Waals surface area (Å²) in [5, 5.41) is 19.3. The molecule has 15 heavy (non-hydrogen) atoms. The van der Waals surface area contributed by atoms with Gasteiger partial charge in [-0.3, -0.25) is 0 Å². The number of aliphatic hydroxyl groups is 2. The van der Waals surface area contributed by atoms with Crippen LogP contribution < -0.4 is 0 Å². The third-order valence-corrected chi connectivity index (χ3v) is 2.89. The molecule has 1 aromatic rings. The molecule has 0 amide bonds. The Bertz CT molecular complexity index is 356. The normalized spacial score (nSPS) is 16.8. The van der Waals surface area contributed by atoms with Gasteiger partial charge in [0.1, 0.15) is 10.7 Å². The van der Waals surface area contributed by atoms with Crippen molar-refractivity contribution in [2.24, 2.45) is 5.41 Å². The van der Waals surface area contributed by atoms with E-state index in [9.17, 15) is 10.2 Å². The van der Waals surface area contributed by atoms with Crippen molar-refractivity contribution >= 4 is 15.9 Å². The summed E-state index contributed by atoms with van der Waals surface area (Å²) in [5.74, 6) is 0. The zero-order valence-corrected chi connectivity index (χ0v) is 10.1. The molecule has 0 spiro atoms. The van der Waals surface area contributed by atoms with E-state index < -0.39 is 11.5 Å². The average Bonchev–Trinajstić information content (AvgIpc) is 2.27. The first kappa shape index (κ1) is 12.4. The predicted octanol–water partition coefficient (Wildman–Crippen LogP) is 2.06. The van der Waals surface area contributed by atoms with Gasteiger partial charge in [-0.25, -0.2) is 4.98 Å². The Labute approximate surface area is 97.6 Å². The number of hydrogen-bond acceptors (Lipinski definition) is 3. The predicted molar refractivity (Wildman–Crippen MR) is 62.3 cm³/mol. The molecule has 1 aromatic heterocycles. The molecule has 1 heterocycles. The van der Waals surface area contributed by atoms with Gasteiger partial charge in [-0.15, -0.1) is 6.58 Å². The minimum atomic E-state index is -0.863. The molecule has 0 unspecified atom stereocenters. The molecule has 3 nitrogen and oxygen atoms in total. The van der Waals surface area contributed by atoms with Gasteiger partial charge in [-0.1, -0.05) is 19.1 Å². The van der Waals surface area contributed by atoms with Crippen molar-refractivity contribution in [2.45, 2.75) is 13.0 Å². The summed E-state index contributed by atoms with van der Waals surface area (Å²) in [5.41, 5.74) is -0.255. The number of aliphatic hydroxyl groups excluding tert-OH is 2. The molecule has 0 aromatic carbocycles. The maximum absolute atomic E-state index is 10.0. The SMILES string of the molecule is C=C[C@](C)(CO)[C@H](O)c1cccc(Br)n1. The molecule has 0 bridgehead atoms. The van der Waals surface area contributed by atoms with E-state index in [2.05, 4.69) is 27.5 Å². The third kappa shape index (κ3) is 2.65. The molecular formula is C11H14BrNO2.